The van der Waals surface area contributed by atoms with Crippen LogP contribution in [0.4, 0.5) is 13.2 Å². The molecule has 1 amide bonds. The maximum absolute atomic E-state index is 12.7. The Morgan fingerprint density at radius 1 is 1.27 bits per heavy atom. The van der Waals surface area contributed by atoms with Crippen LogP contribution in [0.2, 0.25) is 0 Å². The predicted molar refractivity (Wildman–Crippen MR) is 71.6 cm³/mol. The lowest BCUT2D eigenvalue weighted by molar-refractivity contribution is -0.181. The number of carbonyl (C=O) groups is 1. The molecule has 1 aromatic heterocycles. The second kappa shape index (κ2) is 5.47. The Morgan fingerprint density at radius 2 is 1.86 bits per heavy atom. The summed E-state index contributed by atoms with van der Waals surface area (Å²) in [6.07, 6.45) is -3.46. The van der Waals surface area contributed by atoms with Crippen molar-refractivity contribution in [2.45, 2.75) is 31.7 Å². The fourth-order valence-electron chi connectivity index (χ4n) is 2.70. The van der Waals surface area contributed by atoms with Crippen LogP contribution in [0.5, 0.6) is 0 Å². The lowest BCUT2D eigenvalue weighted by Crippen LogP contribution is -2.47. The number of hydrogen-bond donors (Lipinski definition) is 0. The van der Waals surface area contributed by atoms with Crippen LogP contribution in [-0.2, 0) is 15.7 Å². The van der Waals surface area contributed by atoms with Crippen molar-refractivity contribution < 1.29 is 27.4 Å². The summed E-state index contributed by atoms with van der Waals surface area (Å²) in [6, 6.07) is 0. The number of thiazole rings is 1. The number of carbonyl (C=O) groups excluding carboxylic acids is 1. The molecule has 1 aromatic rings. The number of halogens is 3. The Hall–Kier alpha value is -1.19. The van der Waals surface area contributed by atoms with E-state index in [0.29, 0.717) is 50.5 Å². The van der Waals surface area contributed by atoms with Crippen molar-refractivity contribution in [3.8, 4) is 0 Å². The minimum atomic E-state index is -4.52. The van der Waals surface area contributed by atoms with Crippen LogP contribution in [0, 0.1) is 6.92 Å². The summed E-state index contributed by atoms with van der Waals surface area (Å²) < 4.78 is 49.2. The smallest absolute Gasteiger partial charge is 0.347 e. The highest BCUT2D eigenvalue weighted by atomic mass is 32.1. The van der Waals surface area contributed by atoms with E-state index in [2.05, 4.69) is 4.98 Å². The highest BCUT2D eigenvalue weighted by Gasteiger charge is 2.42. The van der Waals surface area contributed by atoms with E-state index >= 15 is 0 Å². The van der Waals surface area contributed by atoms with Crippen molar-refractivity contribution >= 4 is 17.2 Å². The number of nitrogens with zero attached hydrogens (tertiary/aromatic N) is 2. The summed E-state index contributed by atoms with van der Waals surface area (Å²) >= 11 is 0.402. The van der Waals surface area contributed by atoms with E-state index < -0.39 is 22.9 Å². The van der Waals surface area contributed by atoms with Crippen LogP contribution in [0.3, 0.4) is 0 Å². The lowest BCUT2D eigenvalue weighted by atomic mass is 10.0. The Morgan fingerprint density at radius 3 is 2.36 bits per heavy atom. The molecule has 0 aliphatic carbocycles. The van der Waals surface area contributed by atoms with E-state index in [1.54, 1.807) is 0 Å². The van der Waals surface area contributed by atoms with Crippen molar-refractivity contribution in [2.24, 2.45) is 0 Å². The number of likely N-dealkylation sites (tertiary alicyclic amines) is 1. The molecule has 0 aromatic carbocycles. The Balaban J connectivity index is 1.71. The molecular formula is C13H15F3N2O3S. The van der Waals surface area contributed by atoms with Crippen molar-refractivity contribution in [3.05, 3.63) is 15.6 Å². The number of alkyl halides is 3. The van der Waals surface area contributed by atoms with Gasteiger partial charge in [0, 0.05) is 25.9 Å². The first-order valence-corrected chi connectivity index (χ1v) is 7.74. The van der Waals surface area contributed by atoms with Gasteiger partial charge in [-0.25, -0.2) is 4.98 Å². The van der Waals surface area contributed by atoms with Gasteiger partial charge >= 0.3 is 6.18 Å². The summed E-state index contributed by atoms with van der Waals surface area (Å²) in [6.45, 7) is 3.30. The first kappa shape index (κ1) is 15.7. The summed E-state index contributed by atoms with van der Waals surface area (Å²) in [5, 5.41) is -0.982. The van der Waals surface area contributed by atoms with Crippen molar-refractivity contribution in [1.82, 2.24) is 9.88 Å². The molecule has 3 rings (SSSR count). The van der Waals surface area contributed by atoms with Crippen LogP contribution in [0.25, 0.3) is 0 Å². The molecule has 2 fully saturated rings. The van der Waals surface area contributed by atoms with Gasteiger partial charge in [0.1, 0.15) is 4.88 Å². The zero-order valence-corrected chi connectivity index (χ0v) is 12.7. The third-order valence-electron chi connectivity index (χ3n) is 3.86. The first-order chi connectivity index (χ1) is 10.3. The van der Waals surface area contributed by atoms with Gasteiger partial charge in [-0.15, -0.1) is 11.3 Å². The molecule has 2 aliphatic heterocycles. The highest BCUT2D eigenvalue weighted by molar-refractivity contribution is 7.13. The highest BCUT2D eigenvalue weighted by Crippen LogP contribution is 2.36. The van der Waals surface area contributed by atoms with Gasteiger partial charge in [-0.05, 0) is 6.92 Å². The largest absolute Gasteiger partial charge is 0.443 e. The third-order valence-corrected chi connectivity index (χ3v) is 5.05. The lowest BCUT2D eigenvalue weighted by Gasteiger charge is -2.37. The van der Waals surface area contributed by atoms with E-state index in [0.717, 1.165) is 0 Å². The Kier molecular flexibility index (Phi) is 3.90. The van der Waals surface area contributed by atoms with E-state index in [4.69, 9.17) is 9.47 Å². The van der Waals surface area contributed by atoms with Gasteiger partial charge in [0.15, 0.2) is 10.8 Å². The number of ether oxygens (including phenoxy) is 2. The van der Waals surface area contributed by atoms with Gasteiger partial charge in [-0.3, -0.25) is 4.79 Å². The molecule has 5 nitrogen and oxygen atoms in total. The molecule has 0 saturated carbocycles. The summed E-state index contributed by atoms with van der Waals surface area (Å²) in [5.41, 5.74) is 0.121. The number of rotatable bonds is 1. The molecule has 122 valence electrons. The molecule has 2 aliphatic rings. The van der Waals surface area contributed by atoms with E-state index in [9.17, 15) is 18.0 Å². The molecule has 0 bridgehead atoms. The van der Waals surface area contributed by atoms with Gasteiger partial charge in [-0.1, -0.05) is 0 Å². The summed E-state index contributed by atoms with van der Waals surface area (Å²) in [4.78, 5) is 17.5. The summed E-state index contributed by atoms with van der Waals surface area (Å²) in [5.74, 6) is -1.02. The normalized spacial score (nSPS) is 21.5. The monoisotopic (exact) mass is 336 g/mol. The average molecular weight is 336 g/mol. The van der Waals surface area contributed by atoms with Crippen LogP contribution in [-0.4, -0.2) is 47.9 Å². The first-order valence-electron chi connectivity index (χ1n) is 6.93. The molecular weight excluding hydrogens is 321 g/mol. The van der Waals surface area contributed by atoms with E-state index in [1.165, 1.54) is 11.8 Å². The number of aryl methyl sites for hydroxylation is 1. The van der Waals surface area contributed by atoms with Crippen molar-refractivity contribution in [1.29, 1.82) is 0 Å². The quantitative estimate of drug-likeness (QED) is 0.790. The SMILES string of the molecule is Cc1nc(C(F)(F)F)sc1C(=O)N1CCC2(CC1)OCCO2. The molecule has 2 saturated heterocycles. The molecule has 0 unspecified atom stereocenters. The van der Waals surface area contributed by atoms with Gasteiger partial charge in [0.25, 0.3) is 5.91 Å². The zero-order chi connectivity index (χ0) is 16.0. The van der Waals surface area contributed by atoms with E-state index in [1.807, 2.05) is 0 Å². The van der Waals surface area contributed by atoms with Crippen LogP contribution in [0.15, 0.2) is 0 Å². The third kappa shape index (κ3) is 2.84. The fraction of sp³-hybridized carbons (Fsp3) is 0.692. The van der Waals surface area contributed by atoms with Crippen LogP contribution in [0.1, 0.15) is 33.2 Å². The minimum absolute atomic E-state index is 0.0523. The Labute approximate surface area is 129 Å². The molecule has 1 spiro atoms. The molecule has 9 heteroatoms. The van der Waals surface area contributed by atoms with Crippen molar-refractivity contribution in [3.63, 3.8) is 0 Å². The van der Waals surface area contributed by atoms with Gasteiger partial charge < -0.3 is 14.4 Å². The Bertz CT molecular complexity index is 572. The fourth-order valence-corrected chi connectivity index (χ4v) is 3.60. The molecule has 0 atom stereocenters. The van der Waals surface area contributed by atoms with Gasteiger partial charge in [0.2, 0.25) is 0 Å². The number of piperidine rings is 1. The molecule has 0 radical (unpaired) electrons. The molecule has 0 N–H and O–H groups in total. The zero-order valence-electron chi connectivity index (χ0n) is 11.9. The van der Waals surface area contributed by atoms with Gasteiger partial charge in [0.05, 0.1) is 18.9 Å². The number of amides is 1. The van der Waals surface area contributed by atoms with Crippen molar-refractivity contribution in [2.75, 3.05) is 26.3 Å². The predicted octanol–water partition coefficient (Wildman–Crippen LogP) is 2.45. The maximum atomic E-state index is 12.7. The number of hydrogen-bond acceptors (Lipinski definition) is 5. The van der Waals surface area contributed by atoms with Crippen LogP contribution < -0.4 is 0 Å². The second-order valence-electron chi connectivity index (χ2n) is 5.33. The second-order valence-corrected chi connectivity index (χ2v) is 6.33. The van der Waals surface area contributed by atoms with Crippen LogP contribution >= 0.6 is 11.3 Å². The minimum Gasteiger partial charge on any atom is -0.347 e. The maximum Gasteiger partial charge on any atom is 0.443 e. The van der Waals surface area contributed by atoms with Gasteiger partial charge in [-0.2, -0.15) is 13.2 Å². The standard InChI is InChI=1S/C13H15F3N2O3S/c1-8-9(22-11(17-8)13(14,15)16)10(19)18-4-2-12(3-5-18)20-6-7-21-12/h2-7H2,1H3. The molecule has 22 heavy (non-hydrogen) atoms. The number of aromatic nitrogens is 1. The average Bonchev–Trinajstić information content (AvgIpc) is 3.06. The van der Waals surface area contributed by atoms with E-state index in [-0.39, 0.29) is 10.6 Å². The molecule has 3 heterocycles. The topological polar surface area (TPSA) is 51.7 Å². The summed E-state index contributed by atoms with van der Waals surface area (Å²) in [7, 11) is 0.